The number of fused-ring (bicyclic) bond motifs is 3. The smallest absolute Gasteiger partial charge is 0.141 e. The molecule has 2 aromatic carbocycles. The maximum Gasteiger partial charge on any atom is 0.141 e. The van der Waals surface area contributed by atoms with E-state index in [9.17, 15) is 0 Å². The van der Waals surface area contributed by atoms with Crippen molar-refractivity contribution in [2.75, 3.05) is 13.1 Å². The Morgan fingerprint density at radius 1 is 1.05 bits per heavy atom. The summed E-state index contributed by atoms with van der Waals surface area (Å²) in [5.41, 5.74) is 2.31. The molecule has 3 rings (SSSR count). The maximum absolute atomic E-state index is 5.81. The van der Waals surface area contributed by atoms with Crippen LogP contribution in [0.15, 0.2) is 47.1 Å². The van der Waals surface area contributed by atoms with Crippen molar-refractivity contribution in [3.8, 4) is 0 Å². The lowest BCUT2D eigenvalue weighted by atomic mass is 10.0. The topological polar surface area (TPSA) is 25.2 Å². The fourth-order valence-corrected chi connectivity index (χ4v) is 2.62. The summed E-state index contributed by atoms with van der Waals surface area (Å²) in [6.45, 7) is 6.52. The molecule has 0 unspecified atom stereocenters. The highest BCUT2D eigenvalue weighted by Gasteiger charge is 2.08. The van der Waals surface area contributed by atoms with E-state index in [1.165, 1.54) is 21.7 Å². The van der Waals surface area contributed by atoms with Crippen LogP contribution < -0.4 is 5.32 Å². The molecule has 0 atom stereocenters. The van der Waals surface area contributed by atoms with E-state index in [2.05, 4.69) is 55.6 Å². The van der Waals surface area contributed by atoms with Gasteiger partial charge < -0.3 is 9.73 Å². The molecule has 1 aromatic heterocycles. The largest absolute Gasteiger partial charge is 0.463 e. The number of rotatable bonds is 5. The van der Waals surface area contributed by atoms with Gasteiger partial charge in [0, 0.05) is 10.8 Å². The molecule has 1 heterocycles. The molecule has 0 radical (unpaired) electrons. The molecular formula is C18H21NO. The van der Waals surface area contributed by atoms with Crippen molar-refractivity contribution in [3.05, 3.63) is 48.2 Å². The van der Waals surface area contributed by atoms with Crippen LogP contribution in [0.25, 0.3) is 21.7 Å². The summed E-state index contributed by atoms with van der Waals surface area (Å²) in [5.74, 6) is 0.694. The molecule has 2 heteroatoms. The molecule has 0 aliphatic carbocycles. The highest BCUT2D eigenvalue weighted by atomic mass is 16.3. The Hall–Kier alpha value is -1.80. The lowest BCUT2D eigenvalue weighted by Gasteiger charge is -2.06. The molecule has 0 saturated heterocycles. The number of nitrogens with one attached hydrogen (secondary N) is 1. The fourth-order valence-electron chi connectivity index (χ4n) is 2.62. The van der Waals surface area contributed by atoms with Gasteiger partial charge in [0.2, 0.25) is 0 Å². The minimum Gasteiger partial charge on any atom is -0.463 e. The second-order valence-corrected chi connectivity index (χ2v) is 5.77. The third kappa shape index (κ3) is 2.56. The molecule has 0 saturated carbocycles. The van der Waals surface area contributed by atoms with Gasteiger partial charge in [0.05, 0.1) is 6.26 Å². The number of furan rings is 1. The fraction of sp³-hybridized carbons (Fsp3) is 0.333. The Balaban J connectivity index is 1.84. The van der Waals surface area contributed by atoms with E-state index in [0.717, 1.165) is 25.1 Å². The molecule has 0 bridgehead atoms. The summed E-state index contributed by atoms with van der Waals surface area (Å²) < 4.78 is 5.81. The quantitative estimate of drug-likeness (QED) is 0.694. The van der Waals surface area contributed by atoms with Gasteiger partial charge in [0.25, 0.3) is 0 Å². The van der Waals surface area contributed by atoms with E-state index in [4.69, 9.17) is 4.42 Å². The van der Waals surface area contributed by atoms with Crippen LogP contribution >= 0.6 is 0 Å². The average molecular weight is 267 g/mol. The first kappa shape index (κ1) is 13.2. The van der Waals surface area contributed by atoms with Crippen LogP contribution in [-0.2, 0) is 6.42 Å². The van der Waals surface area contributed by atoms with E-state index in [0.29, 0.717) is 5.92 Å². The van der Waals surface area contributed by atoms with Gasteiger partial charge in [-0.2, -0.15) is 0 Å². The summed E-state index contributed by atoms with van der Waals surface area (Å²) >= 11 is 0. The molecule has 0 spiro atoms. The molecule has 0 aliphatic heterocycles. The van der Waals surface area contributed by atoms with Gasteiger partial charge in [-0.3, -0.25) is 0 Å². The van der Waals surface area contributed by atoms with E-state index < -0.39 is 0 Å². The SMILES string of the molecule is CC(C)CNCCc1coc2c1ccc1ccccc12. The van der Waals surface area contributed by atoms with Crippen LogP contribution in [0, 0.1) is 5.92 Å². The maximum atomic E-state index is 5.81. The van der Waals surface area contributed by atoms with E-state index in [-0.39, 0.29) is 0 Å². The van der Waals surface area contributed by atoms with Crippen molar-refractivity contribution in [1.29, 1.82) is 0 Å². The number of hydrogen-bond donors (Lipinski definition) is 1. The lowest BCUT2D eigenvalue weighted by molar-refractivity contribution is 0.552. The van der Waals surface area contributed by atoms with Crippen molar-refractivity contribution in [1.82, 2.24) is 5.32 Å². The van der Waals surface area contributed by atoms with Gasteiger partial charge in [-0.1, -0.05) is 50.2 Å². The van der Waals surface area contributed by atoms with Crippen LogP contribution in [0.2, 0.25) is 0 Å². The summed E-state index contributed by atoms with van der Waals surface area (Å²) in [6.07, 6.45) is 2.92. The monoisotopic (exact) mass is 267 g/mol. The van der Waals surface area contributed by atoms with Gasteiger partial charge in [-0.25, -0.2) is 0 Å². The summed E-state index contributed by atoms with van der Waals surface area (Å²) in [6, 6.07) is 12.7. The predicted molar refractivity (Wildman–Crippen MR) is 85.1 cm³/mol. The molecule has 0 amide bonds. The normalized spacial score (nSPS) is 11.8. The Morgan fingerprint density at radius 2 is 1.90 bits per heavy atom. The van der Waals surface area contributed by atoms with Gasteiger partial charge in [0.1, 0.15) is 5.58 Å². The standard InChI is InChI=1S/C18H21NO/c1-13(2)11-19-10-9-15-12-20-18-16-6-4-3-5-14(16)7-8-17(15)18/h3-8,12-13,19H,9-11H2,1-2H3. The molecule has 3 aromatic rings. The van der Waals surface area contributed by atoms with Gasteiger partial charge >= 0.3 is 0 Å². The Labute approximate surface area is 119 Å². The zero-order valence-electron chi connectivity index (χ0n) is 12.1. The van der Waals surface area contributed by atoms with Crippen LogP contribution in [0.1, 0.15) is 19.4 Å². The second-order valence-electron chi connectivity index (χ2n) is 5.77. The first-order valence-electron chi connectivity index (χ1n) is 7.34. The van der Waals surface area contributed by atoms with Crippen LogP contribution in [-0.4, -0.2) is 13.1 Å². The molecule has 104 valence electrons. The molecule has 2 nitrogen and oxygen atoms in total. The molecule has 0 fully saturated rings. The third-order valence-corrected chi connectivity index (χ3v) is 3.67. The van der Waals surface area contributed by atoms with Crippen molar-refractivity contribution < 1.29 is 4.42 Å². The van der Waals surface area contributed by atoms with Crippen LogP contribution in [0.3, 0.4) is 0 Å². The predicted octanol–water partition coefficient (Wildman–Crippen LogP) is 4.37. The molecule has 1 N–H and O–H groups in total. The third-order valence-electron chi connectivity index (χ3n) is 3.67. The molecular weight excluding hydrogens is 246 g/mol. The molecule has 20 heavy (non-hydrogen) atoms. The second kappa shape index (κ2) is 5.68. The minimum atomic E-state index is 0.694. The van der Waals surface area contributed by atoms with Crippen LogP contribution in [0.4, 0.5) is 0 Å². The summed E-state index contributed by atoms with van der Waals surface area (Å²) in [4.78, 5) is 0. The van der Waals surface area contributed by atoms with Gasteiger partial charge in [-0.05, 0) is 36.4 Å². The number of benzene rings is 2. The summed E-state index contributed by atoms with van der Waals surface area (Å²) in [7, 11) is 0. The highest BCUT2D eigenvalue weighted by molar-refractivity contribution is 6.05. The highest BCUT2D eigenvalue weighted by Crippen LogP contribution is 2.29. The van der Waals surface area contributed by atoms with Crippen molar-refractivity contribution in [3.63, 3.8) is 0 Å². The van der Waals surface area contributed by atoms with E-state index in [1.54, 1.807) is 0 Å². The first-order chi connectivity index (χ1) is 9.75. The Morgan fingerprint density at radius 3 is 2.75 bits per heavy atom. The number of hydrogen-bond acceptors (Lipinski definition) is 2. The first-order valence-corrected chi connectivity index (χ1v) is 7.34. The Kier molecular flexibility index (Phi) is 3.75. The average Bonchev–Trinajstić information content (AvgIpc) is 2.87. The zero-order valence-corrected chi connectivity index (χ0v) is 12.1. The molecule has 0 aliphatic rings. The van der Waals surface area contributed by atoms with Crippen molar-refractivity contribution in [2.45, 2.75) is 20.3 Å². The van der Waals surface area contributed by atoms with Crippen molar-refractivity contribution >= 4 is 21.7 Å². The van der Waals surface area contributed by atoms with E-state index in [1.807, 2.05) is 6.26 Å². The lowest BCUT2D eigenvalue weighted by Crippen LogP contribution is -2.21. The van der Waals surface area contributed by atoms with Gasteiger partial charge in [0.15, 0.2) is 0 Å². The van der Waals surface area contributed by atoms with Crippen LogP contribution in [0.5, 0.6) is 0 Å². The zero-order chi connectivity index (χ0) is 13.9. The summed E-state index contributed by atoms with van der Waals surface area (Å²) in [5, 5.41) is 7.16. The Bertz CT molecular complexity index is 712. The minimum absolute atomic E-state index is 0.694. The van der Waals surface area contributed by atoms with Gasteiger partial charge in [-0.15, -0.1) is 0 Å². The van der Waals surface area contributed by atoms with Crippen molar-refractivity contribution in [2.24, 2.45) is 5.92 Å². The van der Waals surface area contributed by atoms with E-state index >= 15 is 0 Å².